The van der Waals surface area contributed by atoms with Gasteiger partial charge in [-0.15, -0.1) is 0 Å². The molecule has 3 aromatic carbocycles. The molecule has 0 bridgehead atoms. The lowest BCUT2D eigenvalue weighted by Crippen LogP contribution is -2.44. The van der Waals surface area contributed by atoms with Gasteiger partial charge in [-0.3, -0.25) is 28.9 Å². The average Bonchev–Trinajstić information content (AvgIpc) is 3.58. The number of ether oxygens (including phenoxy) is 1. The van der Waals surface area contributed by atoms with Crippen LogP contribution in [0, 0.1) is 24.3 Å². The Morgan fingerprint density at radius 2 is 1.55 bits per heavy atom. The predicted molar refractivity (Wildman–Crippen MR) is 253 cm³/mol. The van der Waals surface area contributed by atoms with E-state index in [4.69, 9.17) is 27.9 Å². The topological polar surface area (TPSA) is 122 Å². The Balaban J connectivity index is 0.704. The van der Waals surface area contributed by atoms with E-state index < -0.39 is 11.9 Å². The third kappa shape index (κ3) is 9.72. The molecule has 65 heavy (non-hydrogen) atoms. The van der Waals surface area contributed by atoms with E-state index in [2.05, 4.69) is 61.9 Å². The van der Waals surface area contributed by atoms with Crippen LogP contribution in [0.15, 0.2) is 77.7 Å². The number of para-hydroxylation sites is 1. The Labute approximate surface area is 386 Å². The number of hydrogen-bond donors (Lipinski definition) is 1. The molecule has 0 spiro atoms. The highest BCUT2D eigenvalue weighted by Gasteiger charge is 2.34. The molecule has 9 rings (SSSR count). The van der Waals surface area contributed by atoms with Gasteiger partial charge in [-0.1, -0.05) is 55.8 Å². The second kappa shape index (κ2) is 19.1. The first-order valence-corrected chi connectivity index (χ1v) is 23.8. The van der Waals surface area contributed by atoms with Gasteiger partial charge < -0.3 is 14.5 Å². The van der Waals surface area contributed by atoms with Crippen LogP contribution in [-0.4, -0.2) is 86.5 Å². The molecule has 0 aliphatic carbocycles. The lowest BCUT2D eigenvalue weighted by molar-refractivity contribution is -0.135. The monoisotopic (exact) mass is 897 g/mol. The molecule has 14 heteroatoms. The Kier molecular flexibility index (Phi) is 13.1. The molecule has 5 aromatic rings. The van der Waals surface area contributed by atoms with Gasteiger partial charge in [0.1, 0.15) is 18.4 Å². The molecule has 0 saturated carbocycles. The fraction of sp³-hybridized carbons (Fsp3) is 0.490. The minimum absolute atomic E-state index is 0.219. The number of nitrogens with one attached hydrogen (secondary N) is 1. The molecule has 4 fully saturated rings. The fourth-order valence-electron chi connectivity index (χ4n) is 10.9. The van der Waals surface area contributed by atoms with E-state index in [1.54, 1.807) is 22.2 Å². The molecule has 4 aliphatic rings. The first kappa shape index (κ1) is 44.6. The normalized spacial score (nSPS) is 20.0. The lowest BCUT2D eigenvalue weighted by Gasteiger charge is -2.41. The molecule has 340 valence electrons. The van der Waals surface area contributed by atoms with Crippen LogP contribution in [0.2, 0.25) is 5.02 Å². The number of hydrogen-bond acceptors (Lipinski definition) is 9. The molecule has 1 N–H and O–H groups in total. The number of amides is 2. The smallest absolute Gasteiger partial charge is 0.329 e. The van der Waals surface area contributed by atoms with Crippen LogP contribution in [0.4, 0.5) is 11.6 Å². The number of halogens is 1. The van der Waals surface area contributed by atoms with E-state index in [0.717, 1.165) is 89.7 Å². The zero-order valence-corrected chi connectivity index (χ0v) is 38.6. The van der Waals surface area contributed by atoms with Gasteiger partial charge in [0.2, 0.25) is 17.8 Å². The number of imide groups is 1. The Bertz CT molecular complexity index is 2630. The number of carbonyl (C=O) groups is 2. The molecular weight excluding hydrogens is 838 g/mol. The van der Waals surface area contributed by atoms with Crippen LogP contribution in [0.3, 0.4) is 0 Å². The summed E-state index contributed by atoms with van der Waals surface area (Å²) in [4.78, 5) is 58.6. The first-order chi connectivity index (χ1) is 31.4. The number of aryl methyl sites for hydroxylation is 1. The maximum atomic E-state index is 13.4. The third-order valence-corrected chi connectivity index (χ3v) is 15.1. The van der Waals surface area contributed by atoms with Crippen molar-refractivity contribution in [3.05, 3.63) is 122 Å². The van der Waals surface area contributed by atoms with Crippen LogP contribution in [0.5, 0.6) is 5.75 Å². The number of likely N-dealkylation sites (tertiary alicyclic amines) is 2. The number of anilines is 1. The van der Waals surface area contributed by atoms with Crippen molar-refractivity contribution in [3.8, 4) is 5.75 Å². The highest BCUT2D eigenvalue weighted by molar-refractivity contribution is 6.31. The summed E-state index contributed by atoms with van der Waals surface area (Å²) in [6, 6.07) is 20.9. The summed E-state index contributed by atoms with van der Waals surface area (Å²) in [5.41, 5.74) is 5.67. The van der Waals surface area contributed by atoms with Gasteiger partial charge in [-0.25, -0.2) is 19.6 Å². The molecule has 13 nitrogen and oxygen atoms in total. The third-order valence-electron chi connectivity index (χ3n) is 14.8. The van der Waals surface area contributed by atoms with Crippen LogP contribution < -0.4 is 20.6 Å². The van der Waals surface area contributed by atoms with Crippen molar-refractivity contribution in [2.24, 2.45) is 24.8 Å². The van der Waals surface area contributed by atoms with Crippen LogP contribution in [-0.2, 0) is 35.2 Å². The first-order valence-electron chi connectivity index (χ1n) is 23.4. The Morgan fingerprint density at radius 3 is 2.26 bits per heavy atom. The summed E-state index contributed by atoms with van der Waals surface area (Å²) in [7, 11) is 1.78. The summed E-state index contributed by atoms with van der Waals surface area (Å²) in [5, 5.41) is 2.98. The van der Waals surface area contributed by atoms with Gasteiger partial charge in [0, 0.05) is 56.3 Å². The number of imidazole rings is 1. The maximum Gasteiger partial charge on any atom is 0.329 e. The number of nitrogens with zero attached hydrogens (tertiary/aromatic N) is 8. The van der Waals surface area contributed by atoms with E-state index >= 15 is 0 Å². The summed E-state index contributed by atoms with van der Waals surface area (Å²) < 4.78 is 9.43. The van der Waals surface area contributed by atoms with Crippen LogP contribution in [0.1, 0.15) is 93.6 Å². The van der Waals surface area contributed by atoms with Crippen molar-refractivity contribution in [2.45, 2.75) is 89.8 Å². The van der Waals surface area contributed by atoms with Crippen molar-refractivity contribution in [3.63, 3.8) is 0 Å². The highest BCUT2D eigenvalue weighted by atomic mass is 35.5. The van der Waals surface area contributed by atoms with Crippen molar-refractivity contribution < 1.29 is 14.3 Å². The molecule has 4 aliphatic heterocycles. The van der Waals surface area contributed by atoms with E-state index in [1.807, 2.05) is 48.7 Å². The van der Waals surface area contributed by atoms with E-state index in [-0.39, 0.29) is 23.4 Å². The molecule has 4 saturated heterocycles. The molecule has 0 radical (unpaired) electrons. The molecule has 6 heterocycles. The quantitative estimate of drug-likeness (QED) is 0.0980. The van der Waals surface area contributed by atoms with E-state index in [9.17, 15) is 14.4 Å². The van der Waals surface area contributed by atoms with Gasteiger partial charge in [-0.2, -0.15) is 0 Å². The maximum absolute atomic E-state index is 13.4. The lowest BCUT2D eigenvalue weighted by atomic mass is 9.78. The predicted octanol–water partition coefficient (Wildman–Crippen LogP) is 8.06. The Morgan fingerprint density at radius 1 is 0.846 bits per heavy atom. The number of rotatable bonds is 12. The summed E-state index contributed by atoms with van der Waals surface area (Å²) in [6.45, 7) is 20.4. The SMILES string of the molecule is [C-]#[N+]c1cc(Cl)cc(C(C)(C)c2ccc(OCc3ccnc(N4CCC(C5CCN(CC6CCN(Cc7cccc8c7n(C)c(=O)n8C7CCC(=O)NC7=O)CC6)CC5)CC4)n3)cc2)c1. The number of fused-ring (bicyclic) bond motifs is 1. The fourth-order valence-corrected chi connectivity index (χ4v) is 11.1. The number of benzene rings is 3. The summed E-state index contributed by atoms with van der Waals surface area (Å²) in [5.74, 6) is 3.09. The van der Waals surface area contributed by atoms with E-state index in [0.29, 0.717) is 29.7 Å². The molecule has 2 aromatic heterocycles. The number of aromatic nitrogens is 4. The van der Waals surface area contributed by atoms with Gasteiger partial charge >= 0.3 is 5.69 Å². The molecular formula is C51H60ClN9O4. The van der Waals surface area contributed by atoms with Gasteiger partial charge in [0.15, 0.2) is 5.69 Å². The number of piperidine rings is 4. The highest BCUT2D eigenvalue weighted by Crippen LogP contribution is 2.37. The van der Waals surface area contributed by atoms with Crippen molar-refractivity contribution in [1.82, 2.24) is 34.2 Å². The second-order valence-electron chi connectivity index (χ2n) is 19.2. The minimum atomic E-state index is -0.675. The average molecular weight is 899 g/mol. The van der Waals surface area contributed by atoms with Gasteiger partial charge in [0.05, 0.1) is 23.3 Å². The van der Waals surface area contributed by atoms with Crippen molar-refractivity contribution >= 4 is 46.1 Å². The molecule has 1 atom stereocenters. The minimum Gasteiger partial charge on any atom is -0.487 e. The van der Waals surface area contributed by atoms with E-state index in [1.165, 1.54) is 58.2 Å². The zero-order chi connectivity index (χ0) is 45.2. The largest absolute Gasteiger partial charge is 0.487 e. The van der Waals surface area contributed by atoms with Crippen molar-refractivity contribution in [2.75, 3.05) is 50.7 Å². The molecule has 2 amide bonds. The zero-order valence-electron chi connectivity index (χ0n) is 37.8. The summed E-state index contributed by atoms with van der Waals surface area (Å²) in [6.07, 6.45) is 9.65. The second-order valence-corrected chi connectivity index (χ2v) is 19.7. The number of carbonyl (C=O) groups excluding carboxylic acids is 2. The van der Waals surface area contributed by atoms with Crippen molar-refractivity contribution in [1.29, 1.82) is 0 Å². The van der Waals surface area contributed by atoms with Gasteiger partial charge in [-0.05, 0) is 142 Å². The summed E-state index contributed by atoms with van der Waals surface area (Å²) >= 11 is 6.33. The van der Waals surface area contributed by atoms with Gasteiger partial charge in [0.25, 0.3) is 0 Å². The molecule has 1 unspecified atom stereocenters. The Hall–Kier alpha value is -5.55. The van der Waals surface area contributed by atoms with Crippen LogP contribution in [0.25, 0.3) is 15.9 Å². The van der Waals surface area contributed by atoms with Crippen LogP contribution >= 0.6 is 11.6 Å². The standard InChI is InChI=1S/C51H60ClN9O4/c1-51(2,39-28-40(52)30-42(29-39)53-3)38-8-10-43(11-9-38)65-33-41-14-21-54-49(55-41)60-26-19-36(20-27-60)35-17-24-58(25-18-35)31-34-15-22-59(23-16-34)32-37-6-5-7-44-47(37)57(4)50(64)61(44)45-12-13-46(62)56-48(45)63/h5-11,14,21,28-30,34-36,45H,12-13,15-20,22-27,31-33H2,1-2,4H3,(H,56,62,63).